The van der Waals surface area contributed by atoms with Crippen LogP contribution in [0.1, 0.15) is 17.0 Å². The predicted octanol–water partition coefficient (Wildman–Crippen LogP) is 2.08. The van der Waals surface area contributed by atoms with E-state index in [4.69, 9.17) is 5.73 Å². The van der Waals surface area contributed by atoms with Gasteiger partial charge in [0.2, 0.25) is 0 Å². The zero-order valence-corrected chi connectivity index (χ0v) is 12.0. The van der Waals surface area contributed by atoms with Crippen LogP contribution in [0.3, 0.4) is 0 Å². The summed E-state index contributed by atoms with van der Waals surface area (Å²) in [6, 6.07) is 20.3. The average molecular weight is 283 g/mol. The van der Waals surface area contributed by atoms with E-state index in [0.717, 1.165) is 6.54 Å². The number of nitrogens with one attached hydrogen (secondary N) is 2. The zero-order valence-electron chi connectivity index (χ0n) is 12.0. The Morgan fingerprint density at radius 1 is 0.905 bits per heavy atom. The van der Waals surface area contributed by atoms with Gasteiger partial charge in [0.1, 0.15) is 0 Å². The molecule has 0 saturated heterocycles. The average Bonchev–Trinajstić information content (AvgIpc) is 2.52. The van der Waals surface area contributed by atoms with Gasteiger partial charge in [-0.3, -0.25) is 0 Å². The van der Waals surface area contributed by atoms with Crippen molar-refractivity contribution in [1.82, 2.24) is 10.6 Å². The SMILES string of the molecule is NC(=O)NCCNCC(c1ccccc1)c1ccccc1. The van der Waals surface area contributed by atoms with Gasteiger partial charge in [-0.1, -0.05) is 60.7 Å². The minimum atomic E-state index is -0.487. The van der Waals surface area contributed by atoms with Crippen molar-refractivity contribution in [2.45, 2.75) is 5.92 Å². The predicted molar refractivity (Wildman–Crippen MR) is 85.2 cm³/mol. The molecule has 0 saturated carbocycles. The van der Waals surface area contributed by atoms with Crippen molar-refractivity contribution in [2.75, 3.05) is 19.6 Å². The lowest BCUT2D eigenvalue weighted by atomic mass is 9.91. The van der Waals surface area contributed by atoms with E-state index in [9.17, 15) is 4.79 Å². The second-order valence-corrected chi connectivity index (χ2v) is 4.87. The number of hydrogen-bond acceptors (Lipinski definition) is 2. The van der Waals surface area contributed by atoms with Gasteiger partial charge in [-0.25, -0.2) is 4.79 Å². The Kier molecular flexibility index (Phi) is 5.79. The normalized spacial score (nSPS) is 10.5. The van der Waals surface area contributed by atoms with Gasteiger partial charge in [-0.05, 0) is 11.1 Å². The molecule has 4 heteroatoms. The van der Waals surface area contributed by atoms with Crippen LogP contribution in [0, 0.1) is 0 Å². The Hall–Kier alpha value is -2.33. The van der Waals surface area contributed by atoms with Crippen LogP contribution in [0.4, 0.5) is 4.79 Å². The maximum atomic E-state index is 10.6. The number of urea groups is 1. The number of carbonyl (C=O) groups is 1. The Morgan fingerprint density at radius 3 is 1.90 bits per heavy atom. The van der Waals surface area contributed by atoms with Crippen LogP contribution in [-0.4, -0.2) is 25.7 Å². The van der Waals surface area contributed by atoms with E-state index < -0.39 is 6.03 Å². The largest absolute Gasteiger partial charge is 0.352 e. The van der Waals surface area contributed by atoms with E-state index in [1.807, 2.05) is 12.1 Å². The highest BCUT2D eigenvalue weighted by Gasteiger charge is 2.12. The lowest BCUT2D eigenvalue weighted by molar-refractivity contribution is 0.249. The van der Waals surface area contributed by atoms with Crippen LogP contribution in [0.25, 0.3) is 0 Å². The first-order chi connectivity index (χ1) is 10.3. The molecule has 0 aliphatic rings. The summed E-state index contributed by atoms with van der Waals surface area (Å²) >= 11 is 0. The highest BCUT2D eigenvalue weighted by atomic mass is 16.2. The number of hydrogen-bond donors (Lipinski definition) is 3. The third-order valence-electron chi connectivity index (χ3n) is 3.35. The van der Waals surface area contributed by atoms with Gasteiger partial charge >= 0.3 is 6.03 Å². The minimum absolute atomic E-state index is 0.293. The number of carbonyl (C=O) groups excluding carboxylic acids is 1. The smallest absolute Gasteiger partial charge is 0.312 e. The second-order valence-electron chi connectivity index (χ2n) is 4.87. The first kappa shape index (κ1) is 15.1. The Morgan fingerprint density at radius 2 is 1.43 bits per heavy atom. The van der Waals surface area contributed by atoms with Crippen LogP contribution < -0.4 is 16.4 Å². The van der Waals surface area contributed by atoms with Gasteiger partial charge in [-0.15, -0.1) is 0 Å². The first-order valence-electron chi connectivity index (χ1n) is 7.11. The molecule has 0 aliphatic carbocycles. The highest BCUT2D eigenvalue weighted by Crippen LogP contribution is 2.23. The van der Waals surface area contributed by atoms with Crippen LogP contribution in [0.2, 0.25) is 0 Å². The monoisotopic (exact) mass is 283 g/mol. The van der Waals surface area contributed by atoms with Gasteiger partial charge in [0, 0.05) is 25.6 Å². The molecule has 0 bridgehead atoms. The fraction of sp³-hybridized carbons (Fsp3) is 0.235. The van der Waals surface area contributed by atoms with Gasteiger partial charge in [-0.2, -0.15) is 0 Å². The molecule has 0 unspecified atom stereocenters. The van der Waals surface area contributed by atoms with Crippen molar-refractivity contribution in [3.63, 3.8) is 0 Å². The third-order valence-corrected chi connectivity index (χ3v) is 3.35. The Bertz CT molecular complexity index is 503. The molecule has 2 aromatic carbocycles. The lowest BCUT2D eigenvalue weighted by Gasteiger charge is -2.19. The second kappa shape index (κ2) is 8.07. The summed E-state index contributed by atoms with van der Waals surface area (Å²) in [6.07, 6.45) is 0. The van der Waals surface area contributed by atoms with Gasteiger partial charge < -0.3 is 16.4 Å². The number of rotatable bonds is 7. The van der Waals surface area contributed by atoms with Crippen LogP contribution in [0.5, 0.6) is 0 Å². The molecule has 0 atom stereocenters. The standard InChI is InChI=1S/C17H21N3O/c18-17(21)20-12-11-19-13-16(14-7-3-1-4-8-14)15-9-5-2-6-10-15/h1-10,16,19H,11-13H2,(H3,18,20,21). The minimum Gasteiger partial charge on any atom is -0.352 e. The molecule has 110 valence electrons. The van der Waals surface area contributed by atoms with Gasteiger partial charge in [0.15, 0.2) is 0 Å². The molecule has 0 aliphatic heterocycles. The zero-order chi connectivity index (χ0) is 14.9. The van der Waals surface area contributed by atoms with Gasteiger partial charge in [0.05, 0.1) is 0 Å². The van der Waals surface area contributed by atoms with E-state index >= 15 is 0 Å². The third kappa shape index (κ3) is 4.93. The van der Waals surface area contributed by atoms with Crippen LogP contribution >= 0.6 is 0 Å². The van der Waals surface area contributed by atoms with E-state index in [0.29, 0.717) is 19.0 Å². The maximum absolute atomic E-state index is 10.6. The Balaban J connectivity index is 1.99. The molecule has 2 rings (SSSR count). The summed E-state index contributed by atoms with van der Waals surface area (Å²) in [5.74, 6) is 0.293. The molecule has 0 heterocycles. The van der Waals surface area contributed by atoms with Crippen molar-refractivity contribution >= 4 is 6.03 Å². The molecular formula is C17H21N3O. The van der Waals surface area contributed by atoms with Crippen LogP contribution in [-0.2, 0) is 0 Å². The summed E-state index contributed by atoms with van der Waals surface area (Å²) < 4.78 is 0. The first-order valence-corrected chi connectivity index (χ1v) is 7.11. The van der Waals surface area contributed by atoms with E-state index in [-0.39, 0.29) is 0 Å². The molecular weight excluding hydrogens is 262 g/mol. The van der Waals surface area contributed by atoms with E-state index in [1.54, 1.807) is 0 Å². The molecule has 0 fully saturated rings. The van der Waals surface area contributed by atoms with Crippen molar-refractivity contribution in [2.24, 2.45) is 5.73 Å². The number of nitrogens with two attached hydrogens (primary N) is 1. The lowest BCUT2D eigenvalue weighted by Crippen LogP contribution is -2.36. The molecule has 0 aromatic heterocycles. The summed E-state index contributed by atoms with van der Waals surface area (Å²) in [5.41, 5.74) is 7.59. The number of benzene rings is 2. The fourth-order valence-corrected chi connectivity index (χ4v) is 2.32. The van der Waals surface area contributed by atoms with E-state index in [2.05, 4.69) is 59.2 Å². The molecule has 4 N–H and O–H groups in total. The highest BCUT2D eigenvalue weighted by molar-refractivity contribution is 5.71. The number of amides is 2. The molecule has 4 nitrogen and oxygen atoms in total. The van der Waals surface area contributed by atoms with Crippen molar-refractivity contribution < 1.29 is 4.79 Å². The molecule has 0 radical (unpaired) electrons. The van der Waals surface area contributed by atoms with Crippen molar-refractivity contribution in [3.05, 3.63) is 71.8 Å². The van der Waals surface area contributed by atoms with Crippen LogP contribution in [0.15, 0.2) is 60.7 Å². The van der Waals surface area contributed by atoms with Crippen molar-refractivity contribution in [3.8, 4) is 0 Å². The van der Waals surface area contributed by atoms with Gasteiger partial charge in [0.25, 0.3) is 0 Å². The van der Waals surface area contributed by atoms with E-state index in [1.165, 1.54) is 11.1 Å². The maximum Gasteiger partial charge on any atom is 0.312 e. The Labute approximate surface area is 125 Å². The molecule has 0 spiro atoms. The topological polar surface area (TPSA) is 67.2 Å². The quantitative estimate of drug-likeness (QED) is 0.681. The summed E-state index contributed by atoms with van der Waals surface area (Å²) in [4.78, 5) is 10.6. The molecule has 21 heavy (non-hydrogen) atoms. The summed E-state index contributed by atoms with van der Waals surface area (Å²) in [5, 5.41) is 5.94. The fourth-order valence-electron chi connectivity index (χ4n) is 2.32. The number of primary amides is 1. The summed E-state index contributed by atoms with van der Waals surface area (Å²) in [7, 11) is 0. The molecule has 2 amide bonds. The van der Waals surface area contributed by atoms with Crippen molar-refractivity contribution in [1.29, 1.82) is 0 Å². The molecule has 2 aromatic rings. The summed E-state index contributed by atoms with van der Waals surface area (Å²) in [6.45, 7) is 2.04.